The zero-order valence-electron chi connectivity index (χ0n) is 16.2. The topological polar surface area (TPSA) is 86.1 Å². The molecule has 3 aromatic heterocycles. The Balaban J connectivity index is 1.99. The molecule has 0 aliphatic carbocycles. The molecule has 142 valence electrons. The fraction of sp³-hybridized carbons (Fsp3) is 0.368. The van der Waals surface area contributed by atoms with E-state index in [1.165, 1.54) is 18.4 Å². The van der Waals surface area contributed by atoms with Crippen LogP contribution in [0.2, 0.25) is 0 Å². The fourth-order valence-electron chi connectivity index (χ4n) is 2.91. The van der Waals surface area contributed by atoms with Gasteiger partial charge in [0.05, 0.1) is 30.1 Å². The number of hydrogen-bond donors (Lipinski definition) is 1. The first-order valence-corrected chi connectivity index (χ1v) is 9.40. The Morgan fingerprint density at radius 1 is 1.26 bits per heavy atom. The van der Waals surface area contributed by atoms with Crippen LogP contribution < -0.4 is 5.32 Å². The maximum atomic E-state index is 12.9. The molecule has 3 rings (SSSR count). The number of hydrogen-bond acceptors (Lipinski definition) is 6. The highest BCUT2D eigenvalue weighted by molar-refractivity contribution is 7.16. The number of thiophene rings is 1. The van der Waals surface area contributed by atoms with E-state index in [0.29, 0.717) is 21.8 Å². The molecule has 7 nitrogen and oxygen atoms in total. The zero-order chi connectivity index (χ0) is 19.9. The summed E-state index contributed by atoms with van der Waals surface area (Å²) in [6, 6.07) is 1.96. The summed E-state index contributed by atoms with van der Waals surface area (Å²) >= 11 is 1.36. The molecule has 0 fully saturated rings. The van der Waals surface area contributed by atoms with Crippen LogP contribution in [0.25, 0.3) is 11.0 Å². The van der Waals surface area contributed by atoms with Crippen molar-refractivity contribution in [3.05, 3.63) is 39.5 Å². The largest absolute Gasteiger partial charge is 0.465 e. The third kappa shape index (κ3) is 3.32. The molecule has 0 saturated carbocycles. The lowest BCUT2D eigenvalue weighted by Crippen LogP contribution is -2.16. The molecule has 0 radical (unpaired) electrons. The van der Waals surface area contributed by atoms with E-state index in [9.17, 15) is 9.59 Å². The lowest BCUT2D eigenvalue weighted by atomic mass is 10.1. The Morgan fingerprint density at radius 2 is 1.96 bits per heavy atom. The van der Waals surface area contributed by atoms with Crippen molar-refractivity contribution in [2.75, 3.05) is 12.4 Å². The van der Waals surface area contributed by atoms with Gasteiger partial charge in [0.2, 0.25) is 0 Å². The van der Waals surface area contributed by atoms with Crippen LogP contribution in [-0.2, 0) is 4.74 Å². The molecule has 0 aliphatic heterocycles. The highest BCUT2D eigenvalue weighted by Gasteiger charge is 2.23. The lowest BCUT2D eigenvalue weighted by molar-refractivity contribution is 0.0601. The van der Waals surface area contributed by atoms with E-state index in [1.807, 2.05) is 32.4 Å². The summed E-state index contributed by atoms with van der Waals surface area (Å²) in [5, 5.41) is 8.48. The van der Waals surface area contributed by atoms with Gasteiger partial charge in [-0.2, -0.15) is 5.10 Å². The number of nitrogens with one attached hydrogen (secondary N) is 1. The van der Waals surface area contributed by atoms with Gasteiger partial charge in [0.15, 0.2) is 5.65 Å². The molecule has 1 amide bonds. The van der Waals surface area contributed by atoms with E-state index in [4.69, 9.17) is 4.74 Å². The molecular formula is C19H22N4O3S. The van der Waals surface area contributed by atoms with E-state index < -0.39 is 5.97 Å². The molecule has 0 saturated heterocycles. The minimum Gasteiger partial charge on any atom is -0.465 e. The van der Waals surface area contributed by atoms with E-state index in [2.05, 4.69) is 15.4 Å². The van der Waals surface area contributed by atoms with Crippen LogP contribution in [0, 0.1) is 20.8 Å². The van der Waals surface area contributed by atoms with Gasteiger partial charge in [0.1, 0.15) is 5.00 Å². The second kappa shape index (κ2) is 7.11. The number of rotatable bonds is 4. The molecule has 0 aromatic carbocycles. The Kier molecular flexibility index (Phi) is 5.01. The summed E-state index contributed by atoms with van der Waals surface area (Å²) in [6.45, 7) is 9.59. The number of carbonyl (C=O) groups excluding carboxylic acids is 2. The van der Waals surface area contributed by atoms with Crippen molar-refractivity contribution < 1.29 is 14.3 Å². The lowest BCUT2D eigenvalue weighted by Gasteiger charge is -2.10. The highest BCUT2D eigenvalue weighted by Crippen LogP contribution is 2.33. The van der Waals surface area contributed by atoms with Crippen molar-refractivity contribution in [2.24, 2.45) is 0 Å². The van der Waals surface area contributed by atoms with Crippen molar-refractivity contribution >= 4 is 39.2 Å². The smallest absolute Gasteiger partial charge is 0.341 e. The van der Waals surface area contributed by atoms with Crippen molar-refractivity contribution in [3.63, 3.8) is 0 Å². The number of nitrogens with zero attached hydrogens (tertiary/aromatic N) is 3. The molecular weight excluding hydrogens is 364 g/mol. The number of carbonyl (C=O) groups is 2. The Bertz CT molecular complexity index is 1050. The van der Waals surface area contributed by atoms with Crippen molar-refractivity contribution in [2.45, 2.75) is 40.7 Å². The molecule has 3 heterocycles. The quantitative estimate of drug-likeness (QED) is 0.684. The third-order valence-corrected chi connectivity index (χ3v) is 5.62. The maximum absolute atomic E-state index is 12.9. The van der Waals surface area contributed by atoms with Gasteiger partial charge >= 0.3 is 5.97 Å². The Hall–Kier alpha value is -2.74. The normalized spacial score (nSPS) is 11.2. The molecule has 0 aliphatic rings. The Labute approximate surface area is 161 Å². The summed E-state index contributed by atoms with van der Waals surface area (Å²) in [6.07, 6.45) is 1.71. The van der Waals surface area contributed by atoms with Crippen LogP contribution in [0.4, 0.5) is 5.00 Å². The average molecular weight is 386 g/mol. The minimum atomic E-state index is -0.462. The number of esters is 1. The number of anilines is 1. The van der Waals surface area contributed by atoms with E-state index in [0.717, 1.165) is 21.5 Å². The Morgan fingerprint density at radius 3 is 2.59 bits per heavy atom. The molecule has 0 spiro atoms. The van der Waals surface area contributed by atoms with Gasteiger partial charge in [0.25, 0.3) is 5.91 Å². The number of aromatic nitrogens is 3. The van der Waals surface area contributed by atoms with E-state index in [1.54, 1.807) is 19.2 Å². The van der Waals surface area contributed by atoms with Crippen LogP contribution >= 0.6 is 11.3 Å². The molecule has 27 heavy (non-hydrogen) atoms. The van der Waals surface area contributed by atoms with Crippen LogP contribution in [0.1, 0.15) is 56.7 Å². The third-order valence-electron chi connectivity index (χ3n) is 4.50. The first kappa shape index (κ1) is 19.0. The summed E-state index contributed by atoms with van der Waals surface area (Å²) in [4.78, 5) is 30.5. The SMILES string of the molecule is COC(=O)c1c(NC(=O)c2cc3cnn(C(C)C)c3nc2C)sc(C)c1C. The van der Waals surface area contributed by atoms with E-state index >= 15 is 0 Å². The predicted octanol–water partition coefficient (Wildman–Crippen LogP) is 4.04. The van der Waals surface area contributed by atoms with Crippen LogP contribution in [-0.4, -0.2) is 33.8 Å². The number of amides is 1. The number of pyridine rings is 1. The standard InChI is InChI=1S/C19H22N4O3S/c1-9(2)23-16-13(8-20-23)7-14(11(4)21-16)17(24)22-18-15(19(25)26-6)10(3)12(5)27-18/h7-9H,1-6H3,(H,22,24). The molecule has 0 bridgehead atoms. The molecule has 8 heteroatoms. The number of ether oxygens (including phenoxy) is 1. The maximum Gasteiger partial charge on any atom is 0.341 e. The first-order chi connectivity index (χ1) is 12.7. The highest BCUT2D eigenvalue weighted by atomic mass is 32.1. The van der Waals surface area contributed by atoms with Gasteiger partial charge in [-0.3, -0.25) is 4.79 Å². The second-order valence-corrected chi connectivity index (χ2v) is 7.87. The van der Waals surface area contributed by atoms with Gasteiger partial charge < -0.3 is 10.1 Å². The molecule has 0 atom stereocenters. The van der Waals surface area contributed by atoms with Gasteiger partial charge in [-0.1, -0.05) is 0 Å². The second-order valence-electron chi connectivity index (χ2n) is 6.65. The van der Waals surface area contributed by atoms with Crippen LogP contribution in [0.5, 0.6) is 0 Å². The molecule has 3 aromatic rings. The van der Waals surface area contributed by atoms with Crippen molar-refractivity contribution in [1.82, 2.24) is 14.8 Å². The predicted molar refractivity (Wildman–Crippen MR) is 106 cm³/mol. The van der Waals surface area contributed by atoms with Gasteiger partial charge in [-0.25, -0.2) is 14.5 Å². The van der Waals surface area contributed by atoms with E-state index in [-0.39, 0.29) is 11.9 Å². The monoisotopic (exact) mass is 386 g/mol. The first-order valence-electron chi connectivity index (χ1n) is 8.59. The van der Waals surface area contributed by atoms with Crippen molar-refractivity contribution in [3.8, 4) is 0 Å². The summed E-state index contributed by atoms with van der Waals surface area (Å²) in [5.74, 6) is -0.777. The number of fused-ring (bicyclic) bond motifs is 1. The van der Waals surface area contributed by atoms with Crippen molar-refractivity contribution in [1.29, 1.82) is 0 Å². The molecule has 1 N–H and O–H groups in total. The average Bonchev–Trinajstić information content (AvgIpc) is 3.14. The summed E-state index contributed by atoms with van der Waals surface area (Å²) in [7, 11) is 1.33. The van der Waals surface area contributed by atoms with Gasteiger partial charge in [0, 0.05) is 16.3 Å². The van der Waals surface area contributed by atoms with Crippen LogP contribution in [0.3, 0.4) is 0 Å². The number of aryl methyl sites for hydroxylation is 2. The fourth-order valence-corrected chi connectivity index (χ4v) is 3.95. The van der Waals surface area contributed by atoms with Gasteiger partial charge in [-0.15, -0.1) is 11.3 Å². The van der Waals surface area contributed by atoms with Gasteiger partial charge in [-0.05, 0) is 46.2 Å². The zero-order valence-corrected chi connectivity index (χ0v) is 17.0. The number of methoxy groups -OCH3 is 1. The molecule has 0 unspecified atom stereocenters. The summed E-state index contributed by atoms with van der Waals surface area (Å²) < 4.78 is 6.68. The summed E-state index contributed by atoms with van der Waals surface area (Å²) in [5.41, 5.74) is 3.01. The minimum absolute atomic E-state index is 0.175. The van der Waals surface area contributed by atoms with Crippen LogP contribution in [0.15, 0.2) is 12.3 Å².